The standard InChI is InChI=1S/C10H10N2O/c1-7-3-9-4-11-6-12(9)8(2)10(7)5-13/h3-6H,1-2H3. The summed E-state index contributed by atoms with van der Waals surface area (Å²) >= 11 is 0. The van der Waals surface area contributed by atoms with Crippen molar-refractivity contribution in [2.45, 2.75) is 13.8 Å². The highest BCUT2D eigenvalue weighted by atomic mass is 16.1. The number of hydrogen-bond donors (Lipinski definition) is 0. The highest BCUT2D eigenvalue weighted by Crippen LogP contribution is 2.15. The fourth-order valence-corrected chi connectivity index (χ4v) is 1.59. The van der Waals surface area contributed by atoms with E-state index in [4.69, 9.17) is 0 Å². The summed E-state index contributed by atoms with van der Waals surface area (Å²) in [5.41, 5.74) is 3.73. The van der Waals surface area contributed by atoms with Crippen LogP contribution in [-0.4, -0.2) is 15.7 Å². The van der Waals surface area contributed by atoms with Gasteiger partial charge in [-0.1, -0.05) is 0 Å². The molecule has 0 saturated heterocycles. The van der Waals surface area contributed by atoms with Crippen molar-refractivity contribution in [1.82, 2.24) is 9.38 Å². The number of aldehydes is 1. The van der Waals surface area contributed by atoms with Gasteiger partial charge in [0.1, 0.15) is 0 Å². The van der Waals surface area contributed by atoms with Gasteiger partial charge in [0, 0.05) is 11.3 Å². The van der Waals surface area contributed by atoms with Gasteiger partial charge < -0.3 is 4.40 Å². The quantitative estimate of drug-likeness (QED) is 0.617. The molecule has 2 heterocycles. The van der Waals surface area contributed by atoms with Crippen LogP contribution in [0, 0.1) is 13.8 Å². The van der Waals surface area contributed by atoms with Gasteiger partial charge in [0.25, 0.3) is 0 Å². The SMILES string of the molecule is Cc1cc2cncn2c(C)c1C=O. The third kappa shape index (κ3) is 1.04. The number of pyridine rings is 1. The molecule has 66 valence electrons. The molecule has 0 N–H and O–H groups in total. The van der Waals surface area contributed by atoms with Crippen LogP contribution in [0.4, 0.5) is 0 Å². The highest BCUT2D eigenvalue weighted by Gasteiger charge is 2.05. The second kappa shape index (κ2) is 2.69. The minimum atomic E-state index is 0.755. The van der Waals surface area contributed by atoms with Crippen LogP contribution in [0.2, 0.25) is 0 Å². The monoisotopic (exact) mass is 174 g/mol. The second-order valence-electron chi connectivity index (χ2n) is 3.13. The van der Waals surface area contributed by atoms with E-state index in [1.165, 1.54) is 0 Å². The first-order chi connectivity index (χ1) is 6.24. The van der Waals surface area contributed by atoms with Crippen molar-refractivity contribution in [3.63, 3.8) is 0 Å². The second-order valence-corrected chi connectivity index (χ2v) is 3.13. The Hall–Kier alpha value is -1.64. The first kappa shape index (κ1) is 7.98. The lowest BCUT2D eigenvalue weighted by molar-refractivity contribution is 0.112. The van der Waals surface area contributed by atoms with Crippen LogP contribution in [-0.2, 0) is 0 Å². The van der Waals surface area contributed by atoms with E-state index in [1.54, 1.807) is 12.5 Å². The van der Waals surface area contributed by atoms with Gasteiger partial charge in [-0.25, -0.2) is 4.98 Å². The van der Waals surface area contributed by atoms with Crippen molar-refractivity contribution in [2.24, 2.45) is 0 Å². The molecule has 0 aliphatic carbocycles. The molecular weight excluding hydrogens is 164 g/mol. The van der Waals surface area contributed by atoms with E-state index in [0.717, 1.165) is 28.6 Å². The Bertz CT molecular complexity index is 471. The lowest BCUT2D eigenvalue weighted by Gasteiger charge is -2.05. The van der Waals surface area contributed by atoms with E-state index in [1.807, 2.05) is 24.3 Å². The van der Waals surface area contributed by atoms with Gasteiger partial charge in [-0.15, -0.1) is 0 Å². The molecule has 3 heteroatoms. The van der Waals surface area contributed by atoms with Gasteiger partial charge in [-0.2, -0.15) is 0 Å². The molecule has 0 radical (unpaired) electrons. The molecule has 0 bridgehead atoms. The Kier molecular flexibility index (Phi) is 1.65. The first-order valence-corrected chi connectivity index (χ1v) is 4.11. The Labute approximate surface area is 76.0 Å². The molecule has 0 fully saturated rings. The third-order valence-electron chi connectivity index (χ3n) is 2.33. The summed E-state index contributed by atoms with van der Waals surface area (Å²) in [6.45, 7) is 3.86. The van der Waals surface area contributed by atoms with Gasteiger partial charge in [0.05, 0.1) is 18.0 Å². The number of nitrogens with zero attached hydrogens (tertiary/aromatic N) is 2. The van der Waals surface area contributed by atoms with Gasteiger partial charge in [-0.3, -0.25) is 4.79 Å². The molecule has 0 aliphatic heterocycles. The fourth-order valence-electron chi connectivity index (χ4n) is 1.59. The third-order valence-corrected chi connectivity index (χ3v) is 2.33. The van der Waals surface area contributed by atoms with Crippen LogP contribution >= 0.6 is 0 Å². The zero-order chi connectivity index (χ0) is 9.42. The minimum Gasteiger partial charge on any atom is -0.303 e. The zero-order valence-corrected chi connectivity index (χ0v) is 7.61. The average molecular weight is 174 g/mol. The number of aromatic nitrogens is 2. The van der Waals surface area contributed by atoms with E-state index in [2.05, 4.69) is 4.98 Å². The van der Waals surface area contributed by atoms with Crippen LogP contribution in [0.15, 0.2) is 18.6 Å². The minimum absolute atomic E-state index is 0.755. The largest absolute Gasteiger partial charge is 0.303 e. The maximum atomic E-state index is 10.8. The molecule has 0 atom stereocenters. The topological polar surface area (TPSA) is 34.4 Å². The molecule has 13 heavy (non-hydrogen) atoms. The fraction of sp³-hybridized carbons (Fsp3) is 0.200. The van der Waals surface area contributed by atoms with Crippen molar-refractivity contribution in [2.75, 3.05) is 0 Å². The maximum absolute atomic E-state index is 10.8. The normalized spacial score (nSPS) is 10.6. The van der Waals surface area contributed by atoms with E-state index in [0.29, 0.717) is 0 Å². The van der Waals surface area contributed by atoms with Gasteiger partial charge >= 0.3 is 0 Å². The number of fused-ring (bicyclic) bond motifs is 1. The molecule has 0 aromatic carbocycles. The van der Waals surface area contributed by atoms with Crippen molar-refractivity contribution in [1.29, 1.82) is 0 Å². The molecule has 0 amide bonds. The van der Waals surface area contributed by atoms with Gasteiger partial charge in [-0.05, 0) is 25.5 Å². The molecule has 2 aromatic rings. The van der Waals surface area contributed by atoms with Crippen LogP contribution < -0.4 is 0 Å². The van der Waals surface area contributed by atoms with Crippen LogP contribution in [0.1, 0.15) is 21.6 Å². The van der Waals surface area contributed by atoms with Gasteiger partial charge in [0.15, 0.2) is 6.29 Å². The highest BCUT2D eigenvalue weighted by molar-refractivity contribution is 5.80. The van der Waals surface area contributed by atoms with E-state index in [-0.39, 0.29) is 0 Å². The molecule has 0 unspecified atom stereocenters. The van der Waals surface area contributed by atoms with Crippen LogP contribution in [0.25, 0.3) is 5.52 Å². The number of imidazole rings is 1. The lowest BCUT2D eigenvalue weighted by Crippen LogP contribution is -1.98. The van der Waals surface area contributed by atoms with Crippen molar-refractivity contribution in [3.05, 3.63) is 35.4 Å². The van der Waals surface area contributed by atoms with Crippen LogP contribution in [0.5, 0.6) is 0 Å². The first-order valence-electron chi connectivity index (χ1n) is 4.11. The predicted molar refractivity (Wildman–Crippen MR) is 50.1 cm³/mol. The van der Waals surface area contributed by atoms with Crippen molar-refractivity contribution in [3.8, 4) is 0 Å². The predicted octanol–water partition coefficient (Wildman–Crippen LogP) is 1.76. The molecule has 0 aliphatic rings. The summed E-state index contributed by atoms with van der Waals surface area (Å²) in [5.74, 6) is 0. The number of hydrogen-bond acceptors (Lipinski definition) is 2. The summed E-state index contributed by atoms with van der Waals surface area (Å²) in [4.78, 5) is 14.8. The number of aryl methyl sites for hydroxylation is 2. The smallest absolute Gasteiger partial charge is 0.152 e. The lowest BCUT2D eigenvalue weighted by atomic mass is 10.1. The van der Waals surface area contributed by atoms with Crippen molar-refractivity contribution < 1.29 is 4.79 Å². The molecule has 0 spiro atoms. The van der Waals surface area contributed by atoms with Crippen molar-refractivity contribution >= 4 is 11.8 Å². The summed E-state index contributed by atoms with van der Waals surface area (Å²) in [6.07, 6.45) is 4.40. The molecular formula is C10H10N2O. The molecule has 3 nitrogen and oxygen atoms in total. The Balaban J connectivity index is 2.92. The molecule has 0 saturated carbocycles. The Morgan fingerprint density at radius 2 is 2.23 bits per heavy atom. The number of carbonyl (C=O) groups excluding carboxylic acids is 1. The Morgan fingerprint density at radius 3 is 2.92 bits per heavy atom. The maximum Gasteiger partial charge on any atom is 0.152 e. The van der Waals surface area contributed by atoms with E-state index < -0.39 is 0 Å². The zero-order valence-electron chi connectivity index (χ0n) is 7.61. The summed E-state index contributed by atoms with van der Waals surface area (Å²) < 4.78 is 1.91. The van der Waals surface area contributed by atoms with Crippen LogP contribution in [0.3, 0.4) is 0 Å². The summed E-state index contributed by atoms with van der Waals surface area (Å²) in [6, 6.07) is 1.96. The number of rotatable bonds is 1. The number of carbonyl (C=O) groups is 1. The van der Waals surface area contributed by atoms with Gasteiger partial charge in [0.2, 0.25) is 0 Å². The Morgan fingerprint density at radius 1 is 1.46 bits per heavy atom. The molecule has 2 rings (SSSR count). The molecule has 2 aromatic heterocycles. The van der Waals surface area contributed by atoms with E-state index >= 15 is 0 Å². The van der Waals surface area contributed by atoms with E-state index in [9.17, 15) is 4.79 Å². The summed E-state index contributed by atoms with van der Waals surface area (Å²) in [5, 5.41) is 0. The average Bonchev–Trinajstić information content (AvgIpc) is 2.53. The summed E-state index contributed by atoms with van der Waals surface area (Å²) in [7, 11) is 0.